The van der Waals surface area contributed by atoms with Gasteiger partial charge in [-0.05, 0) is 47.4 Å². The lowest BCUT2D eigenvalue weighted by Crippen LogP contribution is -2.36. The maximum absolute atomic E-state index is 14.5. The molecule has 3 fully saturated rings. The van der Waals surface area contributed by atoms with Gasteiger partial charge in [-0.2, -0.15) is 0 Å². The lowest BCUT2D eigenvalue weighted by atomic mass is 10.2. The van der Waals surface area contributed by atoms with E-state index in [9.17, 15) is 4.39 Å². The highest BCUT2D eigenvalue weighted by atomic mass is 32.1. The van der Waals surface area contributed by atoms with Crippen molar-refractivity contribution in [1.29, 1.82) is 0 Å². The monoisotopic (exact) mass is 387 g/mol. The van der Waals surface area contributed by atoms with Gasteiger partial charge in [0.05, 0.1) is 18.9 Å². The quantitative estimate of drug-likeness (QED) is 0.821. The predicted octanol–water partition coefficient (Wildman–Crippen LogP) is 3.51. The van der Waals surface area contributed by atoms with Crippen molar-refractivity contribution in [3.8, 4) is 0 Å². The minimum Gasteiger partial charge on any atom is -0.385 e. The van der Waals surface area contributed by atoms with Crippen LogP contribution in [0.1, 0.15) is 4.88 Å². The Balaban J connectivity index is 1.11. The van der Waals surface area contributed by atoms with Gasteiger partial charge in [-0.25, -0.2) is 4.39 Å². The normalized spacial score (nSPS) is 27.6. The molecule has 3 aliphatic rings. The van der Waals surface area contributed by atoms with Crippen LogP contribution in [0.4, 0.5) is 15.8 Å². The third-order valence-electron chi connectivity index (χ3n) is 6.25. The zero-order chi connectivity index (χ0) is 18.2. The van der Waals surface area contributed by atoms with Crippen molar-refractivity contribution in [3.63, 3.8) is 0 Å². The molecular formula is C21H26FN3OS. The van der Waals surface area contributed by atoms with Crippen LogP contribution in [0.2, 0.25) is 0 Å². The van der Waals surface area contributed by atoms with Gasteiger partial charge in [0.2, 0.25) is 0 Å². The molecule has 1 saturated carbocycles. The van der Waals surface area contributed by atoms with E-state index in [-0.39, 0.29) is 5.82 Å². The lowest BCUT2D eigenvalue weighted by Gasteiger charge is -2.29. The number of hydrogen-bond acceptors (Lipinski definition) is 5. The molecule has 2 saturated heterocycles. The maximum atomic E-state index is 14.5. The van der Waals surface area contributed by atoms with Gasteiger partial charge in [-0.3, -0.25) is 4.90 Å². The number of likely N-dealkylation sites (tertiary alicyclic amines) is 1. The van der Waals surface area contributed by atoms with Crippen molar-refractivity contribution in [2.45, 2.75) is 6.54 Å². The molecule has 5 rings (SSSR count). The Bertz CT molecular complexity index is 766. The third-order valence-corrected chi connectivity index (χ3v) is 7.11. The summed E-state index contributed by atoms with van der Waals surface area (Å²) < 4.78 is 19.9. The summed E-state index contributed by atoms with van der Waals surface area (Å²) in [4.78, 5) is 6.10. The number of nitrogens with one attached hydrogen (secondary N) is 1. The van der Waals surface area contributed by atoms with Gasteiger partial charge >= 0.3 is 0 Å². The summed E-state index contributed by atoms with van der Waals surface area (Å²) in [7, 11) is 0. The van der Waals surface area contributed by atoms with Gasteiger partial charge in [0.1, 0.15) is 5.82 Å². The first kappa shape index (κ1) is 17.5. The first-order valence-electron chi connectivity index (χ1n) is 9.89. The number of thiophene rings is 1. The van der Waals surface area contributed by atoms with Crippen molar-refractivity contribution in [2.24, 2.45) is 17.8 Å². The van der Waals surface area contributed by atoms with Gasteiger partial charge in [0, 0.05) is 49.8 Å². The van der Waals surface area contributed by atoms with Crippen LogP contribution in [0.5, 0.6) is 0 Å². The summed E-state index contributed by atoms with van der Waals surface area (Å²) in [6.07, 6.45) is 0. The van der Waals surface area contributed by atoms with Crippen LogP contribution in [0.3, 0.4) is 0 Å². The molecule has 1 N–H and O–H groups in total. The molecule has 1 aromatic heterocycles. The summed E-state index contributed by atoms with van der Waals surface area (Å²) in [5.41, 5.74) is 1.58. The number of nitrogens with zero attached hydrogens (tertiary/aromatic N) is 2. The van der Waals surface area contributed by atoms with Crippen molar-refractivity contribution in [2.75, 3.05) is 56.2 Å². The molecule has 3 heterocycles. The van der Waals surface area contributed by atoms with Crippen molar-refractivity contribution >= 4 is 22.7 Å². The van der Waals surface area contributed by atoms with E-state index in [1.165, 1.54) is 18.0 Å². The average Bonchev–Trinajstić information content (AvgIpc) is 3.07. The number of morpholine rings is 1. The SMILES string of the molecule is Fc1cc(NCC2C3CN(Cc4cccs4)CC23)ccc1N1CCOCC1. The van der Waals surface area contributed by atoms with Crippen LogP contribution in [0.25, 0.3) is 0 Å². The van der Waals surface area contributed by atoms with Crippen molar-refractivity contribution in [3.05, 3.63) is 46.4 Å². The number of hydrogen-bond donors (Lipinski definition) is 1. The Morgan fingerprint density at radius 2 is 1.96 bits per heavy atom. The molecule has 1 aliphatic carbocycles. The van der Waals surface area contributed by atoms with Gasteiger partial charge in [0.25, 0.3) is 0 Å². The molecule has 27 heavy (non-hydrogen) atoms. The Morgan fingerprint density at radius 1 is 1.15 bits per heavy atom. The number of anilines is 2. The van der Waals surface area contributed by atoms with Crippen molar-refractivity contribution in [1.82, 2.24) is 4.90 Å². The molecule has 4 nitrogen and oxygen atoms in total. The highest BCUT2D eigenvalue weighted by Gasteiger charge is 2.54. The largest absolute Gasteiger partial charge is 0.385 e. The summed E-state index contributed by atoms with van der Waals surface area (Å²) in [6, 6.07) is 9.91. The van der Waals surface area contributed by atoms with E-state index in [1.807, 2.05) is 23.5 Å². The smallest absolute Gasteiger partial charge is 0.148 e. The van der Waals surface area contributed by atoms with E-state index < -0.39 is 0 Å². The van der Waals surface area contributed by atoms with Crippen LogP contribution >= 0.6 is 11.3 Å². The van der Waals surface area contributed by atoms with Crippen LogP contribution in [-0.2, 0) is 11.3 Å². The van der Waals surface area contributed by atoms with E-state index in [1.54, 1.807) is 6.07 Å². The second-order valence-corrected chi connectivity index (χ2v) is 8.94. The van der Waals surface area contributed by atoms with Crippen LogP contribution < -0.4 is 10.2 Å². The lowest BCUT2D eigenvalue weighted by molar-refractivity contribution is 0.122. The number of benzene rings is 1. The first-order chi connectivity index (χ1) is 13.3. The average molecular weight is 388 g/mol. The standard InChI is InChI=1S/C21H26FN3OS/c22-20-10-15(3-4-21(20)25-5-7-26-8-6-25)23-11-17-18-13-24(14-19(17)18)12-16-2-1-9-27-16/h1-4,9-10,17-19,23H,5-8,11-14H2. The van der Waals surface area contributed by atoms with Crippen LogP contribution in [0, 0.1) is 23.6 Å². The second-order valence-electron chi connectivity index (χ2n) is 7.91. The zero-order valence-corrected chi connectivity index (χ0v) is 16.3. The summed E-state index contributed by atoms with van der Waals surface area (Å²) >= 11 is 1.85. The number of halogens is 1. The van der Waals surface area contributed by atoms with Crippen LogP contribution in [0.15, 0.2) is 35.7 Å². The molecule has 0 spiro atoms. The first-order valence-corrected chi connectivity index (χ1v) is 10.8. The fraction of sp³-hybridized carbons (Fsp3) is 0.524. The van der Waals surface area contributed by atoms with Gasteiger partial charge in [0.15, 0.2) is 0 Å². The molecule has 2 unspecified atom stereocenters. The van der Waals surface area contributed by atoms with Gasteiger partial charge in [-0.15, -0.1) is 11.3 Å². The van der Waals surface area contributed by atoms with Gasteiger partial charge in [-0.1, -0.05) is 6.07 Å². The molecule has 2 atom stereocenters. The number of piperidine rings is 1. The highest BCUT2D eigenvalue weighted by Crippen LogP contribution is 2.52. The predicted molar refractivity (Wildman–Crippen MR) is 108 cm³/mol. The second kappa shape index (κ2) is 7.41. The molecule has 144 valence electrons. The molecular weight excluding hydrogens is 361 g/mol. The molecule has 0 amide bonds. The van der Waals surface area contributed by atoms with E-state index >= 15 is 0 Å². The Labute approximate surface area is 163 Å². The molecule has 1 aromatic carbocycles. The van der Waals surface area contributed by atoms with Crippen LogP contribution in [-0.4, -0.2) is 50.8 Å². The fourth-order valence-electron chi connectivity index (χ4n) is 4.70. The number of ether oxygens (including phenoxy) is 1. The Hall–Kier alpha value is -1.63. The van der Waals surface area contributed by atoms with Crippen molar-refractivity contribution < 1.29 is 9.13 Å². The summed E-state index contributed by atoms with van der Waals surface area (Å²) in [6.45, 7) is 7.34. The Kier molecular flexibility index (Phi) is 4.80. The van der Waals surface area contributed by atoms with Gasteiger partial charge < -0.3 is 15.0 Å². The number of fused-ring (bicyclic) bond motifs is 1. The fourth-order valence-corrected chi connectivity index (χ4v) is 5.45. The van der Waals surface area contributed by atoms with E-state index in [4.69, 9.17) is 4.74 Å². The minimum atomic E-state index is -0.139. The van der Waals surface area contributed by atoms with E-state index in [0.717, 1.165) is 49.6 Å². The molecule has 0 radical (unpaired) electrons. The topological polar surface area (TPSA) is 27.7 Å². The number of rotatable bonds is 6. The minimum absolute atomic E-state index is 0.139. The summed E-state index contributed by atoms with van der Waals surface area (Å²) in [5, 5.41) is 5.62. The summed E-state index contributed by atoms with van der Waals surface area (Å²) in [5.74, 6) is 2.23. The van der Waals surface area contributed by atoms with E-state index in [0.29, 0.717) is 18.9 Å². The zero-order valence-electron chi connectivity index (χ0n) is 15.4. The molecule has 0 bridgehead atoms. The molecule has 2 aromatic rings. The molecule has 6 heteroatoms. The molecule has 2 aliphatic heterocycles. The third kappa shape index (κ3) is 3.71. The Morgan fingerprint density at radius 3 is 2.67 bits per heavy atom. The highest BCUT2D eigenvalue weighted by molar-refractivity contribution is 7.09. The maximum Gasteiger partial charge on any atom is 0.148 e. The van der Waals surface area contributed by atoms with E-state index in [2.05, 4.69) is 32.6 Å².